The maximum absolute atomic E-state index is 12.4. The van der Waals surface area contributed by atoms with Crippen molar-refractivity contribution < 1.29 is 23.8 Å². The molecule has 2 rings (SSSR count). The van der Waals surface area contributed by atoms with Crippen molar-refractivity contribution in [3.05, 3.63) is 52.5 Å². The highest BCUT2D eigenvalue weighted by Gasteiger charge is 2.18. The minimum absolute atomic E-state index is 0.190. The van der Waals surface area contributed by atoms with Crippen molar-refractivity contribution in [3.63, 3.8) is 0 Å². The Hall–Kier alpha value is -2.93. The van der Waals surface area contributed by atoms with Gasteiger partial charge in [-0.05, 0) is 30.7 Å². The van der Waals surface area contributed by atoms with E-state index in [-0.39, 0.29) is 24.1 Å². The molecular formula is C20H23ClN2O5. The molecule has 0 radical (unpaired) electrons. The smallest absolute Gasteiger partial charge is 0.251 e. The van der Waals surface area contributed by atoms with Gasteiger partial charge in [-0.15, -0.1) is 0 Å². The SMILES string of the molecule is COc1cc(C(=O)NCC(=O)NC(C)c2ccccc2Cl)cc(OC)c1OC. The Bertz CT molecular complexity index is 831. The molecule has 2 aromatic carbocycles. The molecule has 2 N–H and O–H groups in total. The number of hydrogen-bond donors (Lipinski definition) is 2. The van der Waals surface area contributed by atoms with E-state index in [1.54, 1.807) is 6.07 Å². The number of carbonyl (C=O) groups excluding carboxylic acids is 2. The molecule has 0 heterocycles. The van der Waals surface area contributed by atoms with Gasteiger partial charge >= 0.3 is 0 Å². The summed E-state index contributed by atoms with van der Waals surface area (Å²) in [4.78, 5) is 24.6. The molecule has 0 fully saturated rings. The summed E-state index contributed by atoms with van der Waals surface area (Å²) < 4.78 is 15.7. The molecule has 0 aliphatic carbocycles. The van der Waals surface area contributed by atoms with Crippen molar-refractivity contribution in [2.45, 2.75) is 13.0 Å². The molecule has 2 amide bonds. The van der Waals surface area contributed by atoms with Crippen LogP contribution in [0.25, 0.3) is 0 Å². The van der Waals surface area contributed by atoms with Gasteiger partial charge in [0.05, 0.1) is 33.9 Å². The van der Waals surface area contributed by atoms with Crippen LogP contribution in [-0.4, -0.2) is 39.7 Å². The summed E-state index contributed by atoms with van der Waals surface area (Å²) in [7, 11) is 4.40. The lowest BCUT2D eigenvalue weighted by Gasteiger charge is -2.16. The van der Waals surface area contributed by atoms with Gasteiger partial charge in [0.25, 0.3) is 5.91 Å². The molecule has 0 saturated carbocycles. The first-order valence-electron chi connectivity index (χ1n) is 8.53. The van der Waals surface area contributed by atoms with E-state index < -0.39 is 5.91 Å². The van der Waals surface area contributed by atoms with Crippen molar-refractivity contribution in [2.75, 3.05) is 27.9 Å². The first kappa shape index (κ1) is 21.4. The van der Waals surface area contributed by atoms with Gasteiger partial charge in [-0.1, -0.05) is 29.8 Å². The van der Waals surface area contributed by atoms with Crippen LogP contribution in [0.2, 0.25) is 5.02 Å². The number of carbonyl (C=O) groups is 2. The molecule has 0 spiro atoms. The number of rotatable bonds is 8. The van der Waals surface area contributed by atoms with Crippen LogP contribution in [0.3, 0.4) is 0 Å². The summed E-state index contributed by atoms with van der Waals surface area (Å²) in [6.07, 6.45) is 0. The average Bonchev–Trinajstić information content (AvgIpc) is 2.70. The standard InChI is InChI=1S/C20H23ClN2O5/c1-12(14-7-5-6-8-15(14)21)23-18(24)11-22-20(25)13-9-16(26-2)19(28-4)17(10-13)27-3/h5-10,12H,11H2,1-4H3,(H,22,25)(H,23,24). The van der Waals surface area contributed by atoms with E-state index in [0.29, 0.717) is 22.3 Å². The van der Waals surface area contributed by atoms with E-state index in [0.717, 1.165) is 5.56 Å². The zero-order valence-electron chi connectivity index (χ0n) is 16.2. The Labute approximate surface area is 168 Å². The molecule has 2 aromatic rings. The lowest BCUT2D eigenvalue weighted by molar-refractivity contribution is -0.120. The van der Waals surface area contributed by atoms with E-state index >= 15 is 0 Å². The normalized spacial score (nSPS) is 11.3. The fraction of sp³-hybridized carbons (Fsp3) is 0.300. The number of ether oxygens (including phenoxy) is 3. The van der Waals surface area contributed by atoms with Crippen molar-refractivity contribution in [1.29, 1.82) is 0 Å². The highest BCUT2D eigenvalue weighted by Crippen LogP contribution is 2.38. The van der Waals surface area contributed by atoms with Gasteiger partial charge in [0, 0.05) is 10.6 Å². The van der Waals surface area contributed by atoms with Crippen LogP contribution >= 0.6 is 11.6 Å². The Morgan fingerprint density at radius 3 is 2.18 bits per heavy atom. The zero-order valence-corrected chi connectivity index (χ0v) is 16.9. The molecule has 0 bridgehead atoms. The third kappa shape index (κ3) is 5.07. The summed E-state index contributed by atoms with van der Waals surface area (Å²) in [6, 6.07) is 9.99. The van der Waals surface area contributed by atoms with Crippen LogP contribution in [0.5, 0.6) is 17.2 Å². The number of halogens is 1. The molecule has 0 aliphatic rings. The number of methoxy groups -OCH3 is 3. The molecule has 7 nitrogen and oxygen atoms in total. The predicted molar refractivity (Wildman–Crippen MR) is 106 cm³/mol. The van der Waals surface area contributed by atoms with Gasteiger partial charge in [0.2, 0.25) is 11.7 Å². The van der Waals surface area contributed by atoms with Crippen LogP contribution < -0.4 is 24.8 Å². The largest absolute Gasteiger partial charge is 0.493 e. The monoisotopic (exact) mass is 406 g/mol. The Balaban J connectivity index is 2.01. The second-order valence-electron chi connectivity index (χ2n) is 5.91. The van der Waals surface area contributed by atoms with Gasteiger partial charge in [-0.2, -0.15) is 0 Å². The lowest BCUT2D eigenvalue weighted by Crippen LogP contribution is -2.38. The van der Waals surface area contributed by atoms with Crippen molar-refractivity contribution in [3.8, 4) is 17.2 Å². The summed E-state index contributed by atoms with van der Waals surface area (Å²) >= 11 is 6.14. The van der Waals surface area contributed by atoms with Gasteiger partial charge < -0.3 is 24.8 Å². The van der Waals surface area contributed by atoms with Gasteiger partial charge in [0.15, 0.2) is 11.5 Å². The van der Waals surface area contributed by atoms with Crippen LogP contribution in [0.4, 0.5) is 0 Å². The van der Waals surface area contributed by atoms with E-state index in [4.69, 9.17) is 25.8 Å². The van der Waals surface area contributed by atoms with Gasteiger partial charge in [-0.25, -0.2) is 0 Å². The Morgan fingerprint density at radius 1 is 1.04 bits per heavy atom. The highest BCUT2D eigenvalue weighted by atomic mass is 35.5. The highest BCUT2D eigenvalue weighted by molar-refractivity contribution is 6.31. The summed E-state index contributed by atoms with van der Waals surface area (Å²) in [5, 5.41) is 5.94. The average molecular weight is 407 g/mol. The molecule has 1 atom stereocenters. The molecule has 1 unspecified atom stereocenters. The molecule has 0 saturated heterocycles. The quantitative estimate of drug-likeness (QED) is 0.703. The van der Waals surface area contributed by atoms with Crippen LogP contribution in [0.15, 0.2) is 36.4 Å². The minimum Gasteiger partial charge on any atom is -0.493 e. The first-order chi connectivity index (χ1) is 13.4. The maximum atomic E-state index is 12.4. The lowest BCUT2D eigenvalue weighted by atomic mass is 10.1. The third-order valence-corrected chi connectivity index (χ3v) is 4.43. The Morgan fingerprint density at radius 2 is 1.64 bits per heavy atom. The van der Waals surface area contributed by atoms with E-state index in [9.17, 15) is 9.59 Å². The topological polar surface area (TPSA) is 85.9 Å². The van der Waals surface area contributed by atoms with Crippen LogP contribution in [0, 0.1) is 0 Å². The van der Waals surface area contributed by atoms with E-state index in [2.05, 4.69) is 10.6 Å². The molecular weight excluding hydrogens is 384 g/mol. The van der Waals surface area contributed by atoms with Crippen molar-refractivity contribution in [1.82, 2.24) is 10.6 Å². The second-order valence-corrected chi connectivity index (χ2v) is 6.31. The van der Waals surface area contributed by atoms with Crippen LogP contribution in [-0.2, 0) is 4.79 Å². The molecule has 8 heteroatoms. The number of amides is 2. The van der Waals surface area contributed by atoms with Crippen molar-refractivity contribution in [2.24, 2.45) is 0 Å². The van der Waals surface area contributed by atoms with Gasteiger partial charge in [-0.3, -0.25) is 9.59 Å². The van der Waals surface area contributed by atoms with Gasteiger partial charge in [0.1, 0.15) is 0 Å². The van der Waals surface area contributed by atoms with E-state index in [1.807, 2.05) is 25.1 Å². The fourth-order valence-corrected chi connectivity index (χ4v) is 2.97. The summed E-state index contributed by atoms with van der Waals surface area (Å²) in [5.41, 5.74) is 1.08. The van der Waals surface area contributed by atoms with Crippen molar-refractivity contribution >= 4 is 23.4 Å². The fourth-order valence-electron chi connectivity index (χ4n) is 2.67. The molecule has 0 aliphatic heterocycles. The van der Waals surface area contributed by atoms with Crippen LogP contribution in [0.1, 0.15) is 28.9 Å². The molecule has 0 aromatic heterocycles. The summed E-state index contributed by atoms with van der Waals surface area (Å²) in [6.45, 7) is 1.63. The maximum Gasteiger partial charge on any atom is 0.251 e. The summed E-state index contributed by atoms with van der Waals surface area (Å²) in [5.74, 6) is 0.299. The molecule has 28 heavy (non-hydrogen) atoms. The number of nitrogens with one attached hydrogen (secondary N) is 2. The number of hydrogen-bond acceptors (Lipinski definition) is 5. The molecule has 150 valence electrons. The first-order valence-corrected chi connectivity index (χ1v) is 8.91. The minimum atomic E-state index is -0.445. The predicted octanol–water partition coefficient (Wildman–Crippen LogP) is 2.97. The third-order valence-electron chi connectivity index (χ3n) is 4.09. The second kappa shape index (κ2) is 9.85. The number of benzene rings is 2. The Kier molecular flexibility index (Phi) is 7.52. The zero-order chi connectivity index (χ0) is 20.7. The van der Waals surface area contributed by atoms with E-state index in [1.165, 1.54) is 33.5 Å².